The van der Waals surface area contributed by atoms with Crippen molar-refractivity contribution in [2.75, 3.05) is 29.9 Å². The van der Waals surface area contributed by atoms with Gasteiger partial charge in [0.15, 0.2) is 5.60 Å². The molecule has 3 heterocycles. The first-order chi connectivity index (χ1) is 23.0. The second-order valence-corrected chi connectivity index (χ2v) is 13.7. The van der Waals surface area contributed by atoms with E-state index in [0.717, 1.165) is 48.9 Å². The fraction of sp³-hybridized carbons (Fsp3) is 0.462. The smallest absolute Gasteiger partial charge is 0.264 e. The Labute approximate surface area is 284 Å². The molecule has 0 spiro atoms. The van der Waals surface area contributed by atoms with Gasteiger partial charge in [0.1, 0.15) is 0 Å². The molecule has 1 fully saturated rings. The molecule has 2 aromatic rings. The summed E-state index contributed by atoms with van der Waals surface area (Å²) in [5.74, 6) is -1.39. The number of nitrogens with one attached hydrogen (secondary N) is 2. The van der Waals surface area contributed by atoms with Crippen molar-refractivity contribution in [2.24, 2.45) is 5.92 Å². The normalized spacial score (nSPS) is 22.9. The standard InChI is InChI=1S/C39H50N4O5/c1-26(2)10-7-11-27(3)19-21-42-35-18-17-31(41-37(46)34-15-9-20-40-34)23-33(35)39(48,38(42)47)28(4)12-8-16-36(45)43-24-30-14-6-5-13-29(30)22-32(43)25-44/h5-6,8,10,12-14,17-19,23,28,32,34,40,44,48H,7,9,11,15-16,20-22,24-25H2,1-4H3,(H,41,46)/b12-8+,27-19+/t28-,32+,34-,39+/m1/s1. The van der Waals surface area contributed by atoms with Crippen molar-refractivity contribution in [2.45, 2.75) is 90.4 Å². The lowest BCUT2D eigenvalue weighted by Gasteiger charge is -2.36. The van der Waals surface area contributed by atoms with Crippen LogP contribution in [0.5, 0.6) is 0 Å². The van der Waals surface area contributed by atoms with Crippen molar-refractivity contribution in [3.63, 3.8) is 0 Å². The molecule has 0 unspecified atom stereocenters. The van der Waals surface area contributed by atoms with Crippen molar-refractivity contribution >= 4 is 29.1 Å². The largest absolute Gasteiger partial charge is 0.394 e. The van der Waals surface area contributed by atoms with Crippen LogP contribution in [0.1, 0.15) is 76.5 Å². The number of carbonyl (C=O) groups excluding carboxylic acids is 3. The zero-order chi connectivity index (χ0) is 34.4. The molecule has 4 N–H and O–H groups in total. The summed E-state index contributed by atoms with van der Waals surface area (Å²) in [6.07, 6.45) is 11.8. The topological polar surface area (TPSA) is 122 Å². The lowest BCUT2D eigenvalue weighted by Crippen LogP contribution is -2.46. The van der Waals surface area contributed by atoms with Crippen LogP contribution in [0, 0.1) is 5.92 Å². The Kier molecular flexibility index (Phi) is 11.3. The van der Waals surface area contributed by atoms with E-state index in [4.69, 9.17) is 0 Å². The van der Waals surface area contributed by atoms with Gasteiger partial charge in [-0.15, -0.1) is 0 Å². The molecule has 3 aliphatic heterocycles. The van der Waals surface area contributed by atoms with Crippen molar-refractivity contribution in [1.29, 1.82) is 0 Å². The second kappa shape index (κ2) is 15.4. The van der Waals surface area contributed by atoms with Crippen molar-refractivity contribution < 1.29 is 24.6 Å². The van der Waals surface area contributed by atoms with Crippen LogP contribution in [0.15, 0.2) is 77.9 Å². The summed E-state index contributed by atoms with van der Waals surface area (Å²) in [6.45, 7) is 9.38. The van der Waals surface area contributed by atoms with Gasteiger partial charge in [0.2, 0.25) is 11.8 Å². The Morgan fingerprint density at radius 3 is 2.60 bits per heavy atom. The Morgan fingerprint density at radius 1 is 1.12 bits per heavy atom. The summed E-state index contributed by atoms with van der Waals surface area (Å²) in [5.41, 5.74) is 4.27. The predicted octanol–water partition coefficient (Wildman–Crippen LogP) is 5.13. The van der Waals surface area contributed by atoms with E-state index in [1.54, 1.807) is 47.1 Å². The number of hydrogen-bond acceptors (Lipinski definition) is 6. The second-order valence-electron chi connectivity index (χ2n) is 13.7. The fourth-order valence-electron chi connectivity index (χ4n) is 6.95. The number of fused-ring (bicyclic) bond motifs is 2. The van der Waals surface area contributed by atoms with E-state index in [1.807, 2.05) is 37.3 Å². The monoisotopic (exact) mass is 654 g/mol. The van der Waals surface area contributed by atoms with E-state index in [2.05, 4.69) is 30.6 Å². The molecule has 3 aliphatic rings. The number of hydrogen-bond donors (Lipinski definition) is 4. The van der Waals surface area contributed by atoms with Gasteiger partial charge in [-0.25, -0.2) is 0 Å². The van der Waals surface area contributed by atoms with Gasteiger partial charge in [-0.3, -0.25) is 14.4 Å². The summed E-state index contributed by atoms with van der Waals surface area (Å²) in [7, 11) is 0. The first kappa shape index (κ1) is 35.3. The highest BCUT2D eigenvalue weighted by molar-refractivity contribution is 6.08. The number of carbonyl (C=O) groups is 3. The minimum Gasteiger partial charge on any atom is -0.394 e. The third-order valence-corrected chi connectivity index (χ3v) is 9.89. The molecule has 0 saturated carbocycles. The molecule has 9 heteroatoms. The van der Waals surface area contributed by atoms with E-state index in [9.17, 15) is 24.6 Å². The minimum atomic E-state index is -1.90. The molecular weight excluding hydrogens is 604 g/mol. The van der Waals surface area contributed by atoms with Crippen LogP contribution in [0.2, 0.25) is 0 Å². The number of nitrogens with zero attached hydrogens (tertiary/aromatic N) is 2. The van der Waals surface area contributed by atoms with E-state index in [0.29, 0.717) is 36.4 Å². The minimum absolute atomic E-state index is 0.0714. The summed E-state index contributed by atoms with van der Waals surface area (Å²) in [4.78, 5) is 43.7. The van der Waals surface area contributed by atoms with Crippen molar-refractivity contribution in [3.05, 3.63) is 94.6 Å². The molecule has 1 saturated heterocycles. The molecule has 256 valence electrons. The van der Waals surface area contributed by atoms with Gasteiger partial charge in [-0.05, 0) is 88.7 Å². The average molecular weight is 655 g/mol. The number of anilines is 2. The molecule has 0 bridgehead atoms. The molecule has 0 aliphatic carbocycles. The maximum absolute atomic E-state index is 14.1. The summed E-state index contributed by atoms with van der Waals surface area (Å²) in [5, 5.41) is 28.5. The number of aliphatic hydroxyl groups is 2. The van der Waals surface area contributed by atoms with Gasteiger partial charge < -0.3 is 30.6 Å². The van der Waals surface area contributed by atoms with Crippen LogP contribution in [-0.4, -0.2) is 64.6 Å². The van der Waals surface area contributed by atoms with Crippen molar-refractivity contribution in [1.82, 2.24) is 10.2 Å². The average Bonchev–Trinajstić information content (AvgIpc) is 3.69. The van der Waals surface area contributed by atoms with Crippen molar-refractivity contribution in [3.8, 4) is 0 Å². The Morgan fingerprint density at radius 2 is 1.90 bits per heavy atom. The molecule has 48 heavy (non-hydrogen) atoms. The lowest BCUT2D eigenvalue weighted by molar-refractivity contribution is -0.139. The zero-order valence-electron chi connectivity index (χ0n) is 28.7. The SMILES string of the molecule is CC(C)=CCC/C(C)=C/CN1C(=O)[C@](O)([C@H](C)/C=C/CC(=O)N2Cc3ccccc3C[C@H]2CO)c2cc(NC(=O)[C@H]3CCCN3)ccc21. The molecule has 3 amide bonds. The predicted molar refractivity (Wildman–Crippen MR) is 189 cm³/mol. The summed E-state index contributed by atoms with van der Waals surface area (Å²) >= 11 is 0. The molecule has 0 aromatic heterocycles. The third-order valence-electron chi connectivity index (χ3n) is 9.89. The number of aliphatic hydroxyl groups excluding tert-OH is 1. The molecule has 9 nitrogen and oxygen atoms in total. The first-order valence-corrected chi connectivity index (χ1v) is 17.2. The molecule has 2 aromatic carbocycles. The van der Waals surface area contributed by atoms with Crippen LogP contribution < -0.4 is 15.5 Å². The van der Waals surface area contributed by atoms with Gasteiger partial charge >= 0.3 is 0 Å². The first-order valence-electron chi connectivity index (χ1n) is 17.2. The van der Waals surface area contributed by atoms with E-state index in [-0.39, 0.29) is 36.9 Å². The maximum atomic E-state index is 14.1. The lowest BCUT2D eigenvalue weighted by atomic mass is 9.82. The van der Waals surface area contributed by atoms with Gasteiger partial charge in [0, 0.05) is 36.7 Å². The quantitative estimate of drug-likeness (QED) is 0.236. The van der Waals surface area contributed by atoms with Crippen LogP contribution >= 0.6 is 0 Å². The number of amides is 3. The molecule has 5 rings (SSSR count). The van der Waals surface area contributed by atoms with Crippen LogP contribution in [0.3, 0.4) is 0 Å². The number of benzene rings is 2. The Bertz CT molecular complexity index is 1600. The fourth-order valence-corrected chi connectivity index (χ4v) is 6.95. The van der Waals surface area contributed by atoms with E-state index < -0.39 is 17.4 Å². The van der Waals surface area contributed by atoms with E-state index >= 15 is 0 Å². The maximum Gasteiger partial charge on any atom is 0.264 e. The molecular formula is C39H50N4O5. The summed E-state index contributed by atoms with van der Waals surface area (Å²) < 4.78 is 0. The molecule has 0 radical (unpaired) electrons. The summed E-state index contributed by atoms with van der Waals surface area (Å²) in [6, 6.07) is 12.7. The van der Waals surface area contributed by atoms with Crippen LogP contribution in [0.4, 0.5) is 11.4 Å². The van der Waals surface area contributed by atoms with Gasteiger partial charge in [-0.2, -0.15) is 0 Å². The van der Waals surface area contributed by atoms with Gasteiger partial charge in [0.25, 0.3) is 5.91 Å². The Hall–Kier alpha value is -4.05. The van der Waals surface area contributed by atoms with Gasteiger partial charge in [0.05, 0.1) is 24.4 Å². The highest BCUT2D eigenvalue weighted by atomic mass is 16.3. The Balaban J connectivity index is 1.36. The third kappa shape index (κ3) is 7.64. The highest BCUT2D eigenvalue weighted by Gasteiger charge is 2.52. The van der Waals surface area contributed by atoms with E-state index in [1.165, 1.54) is 5.57 Å². The van der Waals surface area contributed by atoms with Gasteiger partial charge in [-0.1, -0.05) is 66.6 Å². The molecule has 4 atom stereocenters. The highest BCUT2D eigenvalue weighted by Crippen LogP contribution is 2.46. The number of allylic oxidation sites excluding steroid dienone is 3. The van der Waals surface area contributed by atoms with Crippen LogP contribution in [-0.2, 0) is 33.0 Å². The zero-order valence-corrected chi connectivity index (χ0v) is 28.7. The van der Waals surface area contributed by atoms with Crippen LogP contribution in [0.25, 0.3) is 0 Å². The number of rotatable bonds is 12.